The lowest BCUT2D eigenvalue weighted by atomic mass is 10.2. The summed E-state index contributed by atoms with van der Waals surface area (Å²) in [6, 6.07) is 6.67. The van der Waals surface area contributed by atoms with Gasteiger partial charge in [-0.1, -0.05) is 15.9 Å². The fraction of sp³-hybridized carbons (Fsp3) is 0.462. The van der Waals surface area contributed by atoms with E-state index >= 15 is 0 Å². The van der Waals surface area contributed by atoms with E-state index in [0.717, 1.165) is 22.1 Å². The number of anilines is 1. The lowest BCUT2D eigenvalue weighted by Crippen LogP contribution is -2.29. The second-order valence-corrected chi connectivity index (χ2v) is 5.91. The first-order valence-electron chi connectivity index (χ1n) is 6.26. The van der Waals surface area contributed by atoms with Crippen LogP contribution >= 0.6 is 15.9 Å². The minimum Gasteiger partial charge on any atom is -0.369 e. The molecule has 4 nitrogen and oxygen atoms in total. The van der Waals surface area contributed by atoms with E-state index in [1.165, 1.54) is 19.4 Å². The van der Waals surface area contributed by atoms with E-state index in [4.69, 9.17) is 5.73 Å². The summed E-state index contributed by atoms with van der Waals surface area (Å²) >= 11 is 3.51. The molecule has 0 radical (unpaired) electrons. The van der Waals surface area contributed by atoms with Crippen molar-refractivity contribution in [1.82, 2.24) is 14.5 Å². The summed E-state index contributed by atoms with van der Waals surface area (Å²) in [7, 11) is 2.18. The molecule has 0 aliphatic carbocycles. The molecule has 1 aliphatic rings. The van der Waals surface area contributed by atoms with Crippen molar-refractivity contribution >= 4 is 32.9 Å². The maximum Gasteiger partial charge on any atom is 0.201 e. The largest absolute Gasteiger partial charge is 0.369 e. The number of nitrogen functional groups attached to an aromatic ring is 1. The highest BCUT2D eigenvalue weighted by atomic mass is 79.9. The first-order chi connectivity index (χ1) is 8.65. The van der Waals surface area contributed by atoms with Gasteiger partial charge in [-0.3, -0.25) is 0 Å². The van der Waals surface area contributed by atoms with Crippen LogP contribution in [0.2, 0.25) is 0 Å². The van der Waals surface area contributed by atoms with E-state index in [9.17, 15) is 0 Å². The molecule has 0 spiro atoms. The van der Waals surface area contributed by atoms with E-state index in [1.807, 2.05) is 12.1 Å². The summed E-state index contributed by atoms with van der Waals surface area (Å²) < 4.78 is 3.20. The first kappa shape index (κ1) is 12.0. The van der Waals surface area contributed by atoms with Gasteiger partial charge in [-0.25, -0.2) is 4.98 Å². The van der Waals surface area contributed by atoms with E-state index < -0.39 is 0 Å². The zero-order valence-corrected chi connectivity index (χ0v) is 12.0. The van der Waals surface area contributed by atoms with Crippen molar-refractivity contribution < 1.29 is 0 Å². The summed E-state index contributed by atoms with van der Waals surface area (Å²) in [5, 5.41) is 0. The van der Waals surface area contributed by atoms with Crippen molar-refractivity contribution in [2.24, 2.45) is 0 Å². The smallest absolute Gasteiger partial charge is 0.201 e. The molecule has 3 rings (SSSR count). The summed E-state index contributed by atoms with van der Waals surface area (Å²) in [5.41, 5.74) is 8.13. The number of hydrogen-bond acceptors (Lipinski definition) is 3. The number of benzene rings is 1. The van der Waals surface area contributed by atoms with Gasteiger partial charge in [-0.2, -0.15) is 0 Å². The monoisotopic (exact) mass is 308 g/mol. The van der Waals surface area contributed by atoms with Crippen LogP contribution in [0.15, 0.2) is 22.7 Å². The molecule has 1 saturated heterocycles. The van der Waals surface area contributed by atoms with Crippen LogP contribution in [0.1, 0.15) is 12.8 Å². The number of likely N-dealkylation sites (tertiary alicyclic amines) is 1. The Balaban J connectivity index is 1.99. The van der Waals surface area contributed by atoms with Crippen molar-refractivity contribution in [2.75, 3.05) is 19.3 Å². The van der Waals surface area contributed by atoms with Gasteiger partial charge in [0.15, 0.2) is 0 Å². The molecular formula is C13H17BrN4. The fourth-order valence-corrected chi connectivity index (χ4v) is 3.08. The highest BCUT2D eigenvalue weighted by Crippen LogP contribution is 2.25. The third-order valence-electron chi connectivity index (χ3n) is 3.80. The van der Waals surface area contributed by atoms with E-state index in [1.54, 1.807) is 0 Å². The molecule has 0 saturated carbocycles. The number of aromatic nitrogens is 2. The standard InChI is InChI=1S/C13H17BrN4/c1-17-6-2-3-10(17)8-18-12-7-9(14)4-5-11(12)16-13(18)15/h4-5,7,10H,2-3,6,8H2,1H3,(H2,15,16). The summed E-state index contributed by atoms with van der Waals surface area (Å²) in [6.07, 6.45) is 2.51. The average Bonchev–Trinajstić information content (AvgIpc) is 2.86. The number of nitrogens with two attached hydrogens (primary N) is 1. The Bertz CT molecular complexity index is 578. The van der Waals surface area contributed by atoms with E-state index in [-0.39, 0.29) is 0 Å². The van der Waals surface area contributed by atoms with Gasteiger partial charge in [0, 0.05) is 17.1 Å². The Morgan fingerprint density at radius 2 is 2.33 bits per heavy atom. The molecule has 2 aromatic rings. The molecule has 1 unspecified atom stereocenters. The van der Waals surface area contributed by atoms with Crippen LogP contribution in [-0.2, 0) is 6.54 Å². The summed E-state index contributed by atoms with van der Waals surface area (Å²) in [4.78, 5) is 6.83. The van der Waals surface area contributed by atoms with E-state index in [0.29, 0.717) is 12.0 Å². The quantitative estimate of drug-likeness (QED) is 0.927. The van der Waals surface area contributed by atoms with Crippen LogP contribution in [-0.4, -0.2) is 34.1 Å². The molecule has 1 atom stereocenters. The molecule has 96 valence electrons. The molecule has 0 bridgehead atoms. The van der Waals surface area contributed by atoms with Crippen LogP contribution in [0.5, 0.6) is 0 Å². The molecule has 2 N–H and O–H groups in total. The Hall–Kier alpha value is -1.07. The molecule has 2 heterocycles. The molecule has 1 aromatic heterocycles. The Morgan fingerprint density at radius 1 is 1.50 bits per heavy atom. The number of rotatable bonds is 2. The second kappa shape index (κ2) is 4.55. The highest BCUT2D eigenvalue weighted by Gasteiger charge is 2.22. The lowest BCUT2D eigenvalue weighted by molar-refractivity contribution is 0.285. The van der Waals surface area contributed by atoms with E-state index in [2.05, 4.69) is 43.5 Å². The SMILES string of the molecule is CN1CCCC1Cn1c(N)nc2ccc(Br)cc21. The molecule has 1 fully saturated rings. The van der Waals surface area contributed by atoms with Crippen molar-refractivity contribution in [3.05, 3.63) is 22.7 Å². The number of halogens is 1. The van der Waals surface area contributed by atoms with Gasteiger partial charge in [0.2, 0.25) is 5.95 Å². The molecule has 0 amide bonds. The normalized spacial score (nSPS) is 20.9. The van der Waals surface area contributed by atoms with Gasteiger partial charge >= 0.3 is 0 Å². The minimum atomic E-state index is 0.573. The van der Waals surface area contributed by atoms with Gasteiger partial charge in [0.1, 0.15) is 0 Å². The average molecular weight is 309 g/mol. The number of likely N-dealkylation sites (N-methyl/N-ethyl adjacent to an activating group) is 1. The van der Waals surface area contributed by atoms with Gasteiger partial charge in [0.05, 0.1) is 11.0 Å². The third-order valence-corrected chi connectivity index (χ3v) is 4.30. The Labute approximate surface area is 115 Å². The van der Waals surface area contributed by atoms with Crippen molar-refractivity contribution in [2.45, 2.75) is 25.4 Å². The van der Waals surface area contributed by atoms with Crippen molar-refractivity contribution in [1.29, 1.82) is 0 Å². The van der Waals surface area contributed by atoms with Crippen LogP contribution in [0, 0.1) is 0 Å². The number of imidazole rings is 1. The van der Waals surface area contributed by atoms with Crippen molar-refractivity contribution in [3.63, 3.8) is 0 Å². The van der Waals surface area contributed by atoms with Crippen molar-refractivity contribution in [3.8, 4) is 0 Å². The topological polar surface area (TPSA) is 47.1 Å². The maximum absolute atomic E-state index is 6.04. The number of nitrogens with zero attached hydrogens (tertiary/aromatic N) is 3. The zero-order chi connectivity index (χ0) is 12.7. The van der Waals surface area contributed by atoms with Crippen LogP contribution < -0.4 is 5.73 Å². The molecule has 1 aliphatic heterocycles. The van der Waals surface area contributed by atoms with Gasteiger partial charge in [-0.15, -0.1) is 0 Å². The van der Waals surface area contributed by atoms with Crippen LogP contribution in [0.4, 0.5) is 5.95 Å². The lowest BCUT2D eigenvalue weighted by Gasteiger charge is -2.20. The third kappa shape index (κ3) is 2.01. The van der Waals surface area contributed by atoms with Gasteiger partial charge < -0.3 is 15.2 Å². The fourth-order valence-electron chi connectivity index (χ4n) is 2.73. The Morgan fingerprint density at radius 3 is 3.06 bits per heavy atom. The molecule has 18 heavy (non-hydrogen) atoms. The Kier molecular flexibility index (Phi) is 3.03. The number of hydrogen-bond donors (Lipinski definition) is 1. The maximum atomic E-state index is 6.04. The highest BCUT2D eigenvalue weighted by molar-refractivity contribution is 9.10. The van der Waals surface area contributed by atoms with Gasteiger partial charge in [-0.05, 0) is 44.6 Å². The molecular weight excluding hydrogens is 292 g/mol. The summed E-state index contributed by atoms with van der Waals surface area (Å²) in [6.45, 7) is 2.11. The number of fused-ring (bicyclic) bond motifs is 1. The van der Waals surface area contributed by atoms with Gasteiger partial charge in [0.25, 0.3) is 0 Å². The molecule has 1 aromatic carbocycles. The summed E-state index contributed by atoms with van der Waals surface area (Å²) in [5.74, 6) is 0.614. The second-order valence-electron chi connectivity index (χ2n) is 4.99. The van der Waals surface area contributed by atoms with Crippen LogP contribution in [0.25, 0.3) is 11.0 Å². The molecule has 5 heteroatoms. The van der Waals surface area contributed by atoms with Crippen LogP contribution in [0.3, 0.4) is 0 Å². The minimum absolute atomic E-state index is 0.573. The zero-order valence-electron chi connectivity index (χ0n) is 10.4. The predicted molar refractivity (Wildman–Crippen MR) is 77.5 cm³/mol. The first-order valence-corrected chi connectivity index (χ1v) is 7.06. The predicted octanol–water partition coefficient (Wildman–Crippen LogP) is 2.48.